The van der Waals surface area contributed by atoms with E-state index in [1.807, 2.05) is 12.1 Å². The van der Waals surface area contributed by atoms with Gasteiger partial charge in [0, 0.05) is 30.4 Å². The van der Waals surface area contributed by atoms with E-state index in [1.165, 1.54) is 24.3 Å². The fraction of sp³-hybridized carbons (Fsp3) is 0.364. The van der Waals surface area contributed by atoms with Gasteiger partial charge in [-0.15, -0.1) is 0 Å². The molecular weight excluding hydrogens is 379 g/mol. The number of hydrogen-bond donors (Lipinski definition) is 1. The quantitative estimate of drug-likeness (QED) is 0.813. The van der Waals surface area contributed by atoms with Gasteiger partial charge >= 0.3 is 6.18 Å². The third kappa shape index (κ3) is 5.08. The van der Waals surface area contributed by atoms with Crippen molar-refractivity contribution in [2.24, 2.45) is 0 Å². The summed E-state index contributed by atoms with van der Waals surface area (Å²) in [7, 11) is 0. The van der Waals surface area contributed by atoms with Gasteiger partial charge in [0.15, 0.2) is 0 Å². The standard InChI is InChI=1S/C22H22F3N3O/c1-15(22(23,24)25)17-4-6-18(7-5-17)21(29)27-19-10-12-28(13-11-19)20-8-2-16(14-26)3-9-20/h2-9,15,19H,10-13H2,1H3,(H,27,29)/t15-/m1/s1. The van der Waals surface area contributed by atoms with Crippen molar-refractivity contribution in [2.45, 2.75) is 37.9 Å². The average molecular weight is 401 g/mol. The largest absolute Gasteiger partial charge is 0.395 e. The Balaban J connectivity index is 1.53. The van der Waals surface area contributed by atoms with Crippen molar-refractivity contribution in [2.75, 3.05) is 18.0 Å². The molecule has 1 aliphatic heterocycles. The highest BCUT2D eigenvalue weighted by Gasteiger charge is 2.36. The van der Waals surface area contributed by atoms with Crippen molar-refractivity contribution in [3.8, 4) is 6.07 Å². The fourth-order valence-corrected chi connectivity index (χ4v) is 3.41. The van der Waals surface area contributed by atoms with E-state index in [9.17, 15) is 18.0 Å². The van der Waals surface area contributed by atoms with Crippen LogP contribution in [0.25, 0.3) is 0 Å². The molecular formula is C22H22F3N3O. The zero-order valence-electron chi connectivity index (χ0n) is 16.0. The van der Waals surface area contributed by atoms with Gasteiger partial charge in [0.1, 0.15) is 0 Å². The monoisotopic (exact) mass is 401 g/mol. The van der Waals surface area contributed by atoms with E-state index >= 15 is 0 Å². The Labute approximate surface area is 167 Å². The normalized spacial score (nSPS) is 16.2. The van der Waals surface area contributed by atoms with Gasteiger partial charge in [-0.3, -0.25) is 4.79 Å². The second-order valence-corrected chi connectivity index (χ2v) is 7.28. The topological polar surface area (TPSA) is 56.1 Å². The summed E-state index contributed by atoms with van der Waals surface area (Å²) in [5, 5.41) is 11.8. The van der Waals surface area contributed by atoms with Gasteiger partial charge in [-0.2, -0.15) is 18.4 Å². The Kier molecular flexibility index (Phi) is 6.12. The van der Waals surface area contributed by atoms with Crippen LogP contribution < -0.4 is 10.2 Å². The number of carbonyl (C=O) groups excluding carboxylic acids is 1. The lowest BCUT2D eigenvalue weighted by Gasteiger charge is -2.34. The number of amides is 1. The number of benzene rings is 2. The highest BCUT2D eigenvalue weighted by molar-refractivity contribution is 5.94. The third-order valence-corrected chi connectivity index (χ3v) is 5.36. The van der Waals surface area contributed by atoms with E-state index in [4.69, 9.17) is 5.26 Å². The van der Waals surface area contributed by atoms with Crippen molar-refractivity contribution in [1.82, 2.24) is 5.32 Å². The molecule has 1 saturated heterocycles. The zero-order valence-corrected chi connectivity index (χ0v) is 16.0. The van der Waals surface area contributed by atoms with Crippen molar-refractivity contribution < 1.29 is 18.0 Å². The number of alkyl halides is 3. The van der Waals surface area contributed by atoms with Crippen molar-refractivity contribution >= 4 is 11.6 Å². The van der Waals surface area contributed by atoms with Crippen molar-refractivity contribution in [3.63, 3.8) is 0 Å². The zero-order chi connectivity index (χ0) is 21.0. The molecule has 4 nitrogen and oxygen atoms in total. The first-order valence-electron chi connectivity index (χ1n) is 9.50. The lowest BCUT2D eigenvalue weighted by molar-refractivity contribution is -0.146. The van der Waals surface area contributed by atoms with Crippen LogP contribution in [0.4, 0.5) is 18.9 Å². The molecule has 29 heavy (non-hydrogen) atoms. The molecule has 0 aromatic heterocycles. The molecule has 0 saturated carbocycles. The average Bonchev–Trinajstić information content (AvgIpc) is 2.73. The van der Waals surface area contributed by atoms with E-state index < -0.39 is 12.1 Å². The molecule has 1 aliphatic rings. The Bertz CT molecular complexity index is 878. The predicted molar refractivity (Wildman–Crippen MR) is 105 cm³/mol. The number of nitrogens with zero attached hydrogens (tertiary/aromatic N) is 2. The van der Waals surface area contributed by atoms with Crippen molar-refractivity contribution in [1.29, 1.82) is 5.26 Å². The number of rotatable bonds is 4. The molecule has 1 amide bonds. The molecule has 1 heterocycles. The van der Waals surface area contributed by atoms with Gasteiger partial charge in [0.2, 0.25) is 0 Å². The Morgan fingerprint density at radius 1 is 1.10 bits per heavy atom. The van der Waals surface area contributed by atoms with E-state index in [0.29, 0.717) is 11.1 Å². The number of nitriles is 1. The third-order valence-electron chi connectivity index (χ3n) is 5.36. The SMILES string of the molecule is C[C@H](c1ccc(C(=O)NC2CCN(c3ccc(C#N)cc3)CC2)cc1)C(F)(F)F. The Morgan fingerprint density at radius 3 is 2.21 bits per heavy atom. The van der Waals surface area contributed by atoms with Crippen LogP contribution in [0.2, 0.25) is 0 Å². The molecule has 0 aliphatic carbocycles. The number of halogens is 3. The first-order valence-corrected chi connectivity index (χ1v) is 9.50. The van der Waals surface area contributed by atoms with Crippen LogP contribution in [0.1, 0.15) is 47.2 Å². The minimum Gasteiger partial charge on any atom is -0.371 e. The lowest BCUT2D eigenvalue weighted by atomic mass is 9.99. The highest BCUT2D eigenvalue weighted by Crippen LogP contribution is 2.34. The first-order chi connectivity index (χ1) is 13.8. The maximum Gasteiger partial charge on any atom is 0.395 e. The molecule has 1 N–H and O–H groups in total. The molecule has 1 fully saturated rings. The Hall–Kier alpha value is -3.01. The number of carbonyl (C=O) groups is 1. The van der Waals surface area contributed by atoms with Crippen molar-refractivity contribution in [3.05, 3.63) is 65.2 Å². The van der Waals surface area contributed by atoms with Crippen LogP contribution in [-0.4, -0.2) is 31.2 Å². The summed E-state index contributed by atoms with van der Waals surface area (Å²) in [5.41, 5.74) is 2.16. The molecule has 1 atom stereocenters. The summed E-state index contributed by atoms with van der Waals surface area (Å²) in [6, 6.07) is 15.1. The number of nitrogens with one attached hydrogen (secondary N) is 1. The molecule has 152 valence electrons. The van der Waals surface area contributed by atoms with Gasteiger partial charge in [-0.25, -0.2) is 0 Å². The van der Waals surface area contributed by atoms with E-state index in [1.54, 1.807) is 12.1 Å². The van der Waals surface area contributed by atoms with Crippen LogP contribution in [0, 0.1) is 11.3 Å². The number of piperidine rings is 1. The maximum atomic E-state index is 12.8. The summed E-state index contributed by atoms with van der Waals surface area (Å²) in [4.78, 5) is 14.6. The van der Waals surface area contributed by atoms with Gasteiger partial charge in [0.05, 0.1) is 17.6 Å². The number of hydrogen-bond acceptors (Lipinski definition) is 3. The molecule has 7 heteroatoms. The predicted octanol–water partition coefficient (Wildman–Crippen LogP) is 4.62. The Morgan fingerprint density at radius 2 is 1.69 bits per heavy atom. The van der Waals surface area contributed by atoms with Gasteiger partial charge in [-0.05, 0) is 61.7 Å². The maximum absolute atomic E-state index is 12.8. The summed E-state index contributed by atoms with van der Waals surface area (Å²) >= 11 is 0. The van der Waals surface area contributed by atoms with Crippen LogP contribution in [0.5, 0.6) is 0 Å². The molecule has 2 aromatic carbocycles. The summed E-state index contributed by atoms with van der Waals surface area (Å²) in [6.07, 6.45) is -2.75. The van der Waals surface area contributed by atoms with Gasteiger partial charge < -0.3 is 10.2 Å². The van der Waals surface area contributed by atoms with E-state index in [2.05, 4.69) is 16.3 Å². The van der Waals surface area contributed by atoms with Crippen LogP contribution >= 0.6 is 0 Å². The first kappa shape index (κ1) is 20.7. The van der Waals surface area contributed by atoms with E-state index in [-0.39, 0.29) is 17.5 Å². The molecule has 2 aromatic rings. The molecule has 0 bridgehead atoms. The second kappa shape index (κ2) is 8.56. The summed E-state index contributed by atoms with van der Waals surface area (Å²) < 4.78 is 38.4. The minimum atomic E-state index is -4.30. The van der Waals surface area contributed by atoms with E-state index in [0.717, 1.165) is 38.5 Å². The van der Waals surface area contributed by atoms with Crippen LogP contribution in [-0.2, 0) is 0 Å². The molecule has 0 spiro atoms. The molecule has 0 radical (unpaired) electrons. The molecule has 0 unspecified atom stereocenters. The molecule has 3 rings (SSSR count). The van der Waals surface area contributed by atoms with Crippen LogP contribution in [0.3, 0.4) is 0 Å². The second-order valence-electron chi connectivity index (χ2n) is 7.28. The number of anilines is 1. The van der Waals surface area contributed by atoms with Gasteiger partial charge in [-0.1, -0.05) is 12.1 Å². The fourth-order valence-electron chi connectivity index (χ4n) is 3.41. The van der Waals surface area contributed by atoms with Crippen LogP contribution in [0.15, 0.2) is 48.5 Å². The lowest BCUT2D eigenvalue weighted by Crippen LogP contribution is -2.44. The smallest absolute Gasteiger partial charge is 0.371 e. The highest BCUT2D eigenvalue weighted by atomic mass is 19.4. The minimum absolute atomic E-state index is 0.0194. The summed E-state index contributed by atoms with van der Waals surface area (Å²) in [6.45, 7) is 2.66. The summed E-state index contributed by atoms with van der Waals surface area (Å²) in [5.74, 6) is -1.83. The van der Waals surface area contributed by atoms with Gasteiger partial charge in [0.25, 0.3) is 5.91 Å².